The SMILES string of the molecule is Cc1cccc(Cl)c1NCc1ccccc1F. The van der Waals surface area contributed by atoms with Crippen LogP contribution in [0.25, 0.3) is 0 Å². The Morgan fingerprint density at radius 2 is 1.88 bits per heavy atom. The highest BCUT2D eigenvalue weighted by atomic mass is 35.5. The summed E-state index contributed by atoms with van der Waals surface area (Å²) in [7, 11) is 0. The number of halogens is 2. The molecule has 0 unspecified atom stereocenters. The van der Waals surface area contributed by atoms with Crippen molar-refractivity contribution in [1.29, 1.82) is 0 Å². The van der Waals surface area contributed by atoms with Crippen LogP contribution in [-0.2, 0) is 6.54 Å². The number of nitrogens with one attached hydrogen (secondary N) is 1. The zero-order chi connectivity index (χ0) is 12.3. The second kappa shape index (κ2) is 5.19. The van der Waals surface area contributed by atoms with Gasteiger partial charge in [0, 0.05) is 12.1 Å². The zero-order valence-electron chi connectivity index (χ0n) is 9.50. The lowest BCUT2D eigenvalue weighted by Crippen LogP contribution is -2.03. The number of rotatable bonds is 3. The van der Waals surface area contributed by atoms with Gasteiger partial charge in [-0.1, -0.05) is 41.9 Å². The molecular formula is C14H13ClFN. The summed E-state index contributed by atoms with van der Waals surface area (Å²) in [6, 6.07) is 12.4. The van der Waals surface area contributed by atoms with Crippen molar-refractivity contribution in [3.05, 3.63) is 64.4 Å². The number of hydrogen-bond donors (Lipinski definition) is 1. The van der Waals surface area contributed by atoms with Crippen LogP contribution in [0.15, 0.2) is 42.5 Å². The maximum atomic E-state index is 13.4. The molecule has 0 radical (unpaired) electrons. The van der Waals surface area contributed by atoms with Gasteiger partial charge in [-0.3, -0.25) is 0 Å². The van der Waals surface area contributed by atoms with Crippen LogP contribution >= 0.6 is 11.6 Å². The number of benzene rings is 2. The van der Waals surface area contributed by atoms with Gasteiger partial charge in [0.1, 0.15) is 5.82 Å². The summed E-state index contributed by atoms with van der Waals surface area (Å²) in [4.78, 5) is 0. The number of hydrogen-bond acceptors (Lipinski definition) is 1. The van der Waals surface area contributed by atoms with Crippen molar-refractivity contribution in [3.8, 4) is 0 Å². The van der Waals surface area contributed by atoms with Crippen molar-refractivity contribution in [2.75, 3.05) is 5.32 Å². The minimum absolute atomic E-state index is 0.204. The number of para-hydroxylation sites is 1. The Morgan fingerprint density at radius 3 is 2.59 bits per heavy atom. The summed E-state index contributed by atoms with van der Waals surface area (Å²) < 4.78 is 13.4. The van der Waals surface area contributed by atoms with E-state index in [-0.39, 0.29) is 5.82 Å². The molecule has 0 atom stereocenters. The molecule has 0 aromatic heterocycles. The lowest BCUT2D eigenvalue weighted by Gasteiger charge is -2.11. The minimum Gasteiger partial charge on any atom is -0.379 e. The van der Waals surface area contributed by atoms with Gasteiger partial charge in [-0.05, 0) is 24.6 Å². The molecule has 0 saturated heterocycles. The lowest BCUT2D eigenvalue weighted by atomic mass is 10.1. The van der Waals surface area contributed by atoms with E-state index < -0.39 is 0 Å². The van der Waals surface area contributed by atoms with E-state index in [0.717, 1.165) is 11.3 Å². The molecule has 0 amide bonds. The summed E-state index contributed by atoms with van der Waals surface area (Å²) in [6.45, 7) is 2.40. The third kappa shape index (κ3) is 2.77. The van der Waals surface area contributed by atoms with Gasteiger partial charge in [0.15, 0.2) is 0 Å². The van der Waals surface area contributed by atoms with E-state index in [1.165, 1.54) is 6.07 Å². The largest absolute Gasteiger partial charge is 0.379 e. The fraction of sp³-hybridized carbons (Fsp3) is 0.143. The van der Waals surface area contributed by atoms with Crippen molar-refractivity contribution in [3.63, 3.8) is 0 Å². The fourth-order valence-electron chi connectivity index (χ4n) is 1.68. The van der Waals surface area contributed by atoms with Gasteiger partial charge < -0.3 is 5.32 Å². The minimum atomic E-state index is -0.204. The smallest absolute Gasteiger partial charge is 0.128 e. The average molecular weight is 250 g/mol. The Labute approximate surface area is 105 Å². The first-order chi connectivity index (χ1) is 8.18. The molecular weight excluding hydrogens is 237 g/mol. The van der Waals surface area contributed by atoms with E-state index >= 15 is 0 Å². The Morgan fingerprint density at radius 1 is 1.12 bits per heavy atom. The molecule has 17 heavy (non-hydrogen) atoms. The molecule has 3 heteroatoms. The van der Waals surface area contributed by atoms with Crippen molar-refractivity contribution >= 4 is 17.3 Å². The van der Waals surface area contributed by atoms with E-state index in [9.17, 15) is 4.39 Å². The first-order valence-corrected chi connectivity index (χ1v) is 5.78. The van der Waals surface area contributed by atoms with E-state index in [0.29, 0.717) is 17.1 Å². The molecule has 1 N–H and O–H groups in total. The number of aryl methyl sites for hydroxylation is 1. The normalized spacial score (nSPS) is 10.3. The standard InChI is InChI=1S/C14H13ClFN/c1-10-5-4-7-12(15)14(10)17-9-11-6-2-3-8-13(11)16/h2-8,17H,9H2,1H3. The van der Waals surface area contributed by atoms with Gasteiger partial charge in [-0.2, -0.15) is 0 Å². The van der Waals surface area contributed by atoms with Gasteiger partial charge >= 0.3 is 0 Å². The number of anilines is 1. The molecule has 88 valence electrons. The van der Waals surface area contributed by atoms with Crippen molar-refractivity contribution in [1.82, 2.24) is 0 Å². The van der Waals surface area contributed by atoms with Gasteiger partial charge in [0.25, 0.3) is 0 Å². The predicted molar refractivity (Wildman–Crippen MR) is 69.9 cm³/mol. The van der Waals surface area contributed by atoms with E-state index in [1.54, 1.807) is 12.1 Å². The lowest BCUT2D eigenvalue weighted by molar-refractivity contribution is 0.613. The highest BCUT2D eigenvalue weighted by Crippen LogP contribution is 2.25. The maximum absolute atomic E-state index is 13.4. The molecule has 2 aromatic carbocycles. The Balaban J connectivity index is 2.16. The van der Waals surface area contributed by atoms with Crippen LogP contribution in [0.1, 0.15) is 11.1 Å². The van der Waals surface area contributed by atoms with Crippen molar-refractivity contribution in [2.24, 2.45) is 0 Å². The van der Waals surface area contributed by atoms with E-state index in [4.69, 9.17) is 11.6 Å². The third-order valence-corrected chi connectivity index (χ3v) is 2.95. The molecule has 1 nitrogen and oxygen atoms in total. The molecule has 2 aromatic rings. The zero-order valence-corrected chi connectivity index (χ0v) is 10.3. The molecule has 0 bridgehead atoms. The summed E-state index contributed by atoms with van der Waals surface area (Å²) in [5.74, 6) is -0.204. The van der Waals surface area contributed by atoms with Crippen LogP contribution in [-0.4, -0.2) is 0 Å². The topological polar surface area (TPSA) is 12.0 Å². The van der Waals surface area contributed by atoms with E-state index in [2.05, 4.69) is 5.32 Å². The first-order valence-electron chi connectivity index (χ1n) is 5.41. The van der Waals surface area contributed by atoms with Gasteiger partial charge in [0.05, 0.1) is 10.7 Å². The van der Waals surface area contributed by atoms with Crippen molar-refractivity contribution < 1.29 is 4.39 Å². The van der Waals surface area contributed by atoms with Crippen LogP contribution in [0.3, 0.4) is 0 Å². The summed E-state index contributed by atoms with van der Waals surface area (Å²) >= 11 is 6.08. The monoisotopic (exact) mass is 249 g/mol. The van der Waals surface area contributed by atoms with E-state index in [1.807, 2.05) is 31.2 Å². The summed E-state index contributed by atoms with van der Waals surface area (Å²) in [5.41, 5.74) is 2.54. The van der Waals surface area contributed by atoms with Crippen LogP contribution in [0.2, 0.25) is 5.02 Å². The Hall–Kier alpha value is -1.54. The van der Waals surface area contributed by atoms with Crippen LogP contribution in [0.5, 0.6) is 0 Å². The van der Waals surface area contributed by atoms with Crippen LogP contribution in [0, 0.1) is 12.7 Å². The molecule has 0 heterocycles. The maximum Gasteiger partial charge on any atom is 0.128 e. The molecule has 0 aliphatic carbocycles. The predicted octanol–water partition coefficient (Wildman–Crippen LogP) is 4.40. The molecule has 0 aliphatic rings. The molecule has 0 saturated carbocycles. The fourth-order valence-corrected chi connectivity index (χ4v) is 1.97. The Bertz CT molecular complexity index is 505. The Kier molecular flexibility index (Phi) is 3.64. The summed E-state index contributed by atoms with van der Waals surface area (Å²) in [5, 5.41) is 3.82. The molecule has 0 spiro atoms. The highest BCUT2D eigenvalue weighted by molar-refractivity contribution is 6.33. The summed E-state index contributed by atoms with van der Waals surface area (Å²) in [6.07, 6.45) is 0. The molecule has 0 aliphatic heterocycles. The van der Waals surface area contributed by atoms with Gasteiger partial charge in [-0.25, -0.2) is 4.39 Å². The van der Waals surface area contributed by atoms with Crippen molar-refractivity contribution in [2.45, 2.75) is 13.5 Å². The average Bonchev–Trinajstić information content (AvgIpc) is 2.30. The molecule has 0 fully saturated rings. The molecule has 2 rings (SSSR count). The van der Waals surface area contributed by atoms with Crippen LogP contribution in [0.4, 0.5) is 10.1 Å². The van der Waals surface area contributed by atoms with Gasteiger partial charge in [0.2, 0.25) is 0 Å². The van der Waals surface area contributed by atoms with Crippen LogP contribution < -0.4 is 5.32 Å². The second-order valence-corrected chi connectivity index (χ2v) is 4.28. The quantitative estimate of drug-likeness (QED) is 0.850. The van der Waals surface area contributed by atoms with Gasteiger partial charge in [-0.15, -0.1) is 0 Å². The second-order valence-electron chi connectivity index (χ2n) is 3.88. The third-order valence-electron chi connectivity index (χ3n) is 2.64. The first kappa shape index (κ1) is 11.9. The highest BCUT2D eigenvalue weighted by Gasteiger charge is 2.05.